The van der Waals surface area contributed by atoms with Gasteiger partial charge in [0.15, 0.2) is 0 Å². The van der Waals surface area contributed by atoms with Crippen LogP contribution in [0.15, 0.2) is 30.3 Å². The van der Waals surface area contributed by atoms with E-state index < -0.39 is 0 Å². The maximum Gasteiger partial charge on any atom is 0.236 e. The van der Waals surface area contributed by atoms with Gasteiger partial charge in [0, 0.05) is 6.61 Å². The van der Waals surface area contributed by atoms with Gasteiger partial charge in [0.2, 0.25) is 11.8 Å². The summed E-state index contributed by atoms with van der Waals surface area (Å²) < 4.78 is 0. The molecule has 0 aliphatic carbocycles. The zero-order valence-corrected chi connectivity index (χ0v) is 10.9. The lowest BCUT2D eigenvalue weighted by atomic mass is 10.1. The predicted molar refractivity (Wildman–Crippen MR) is 72.3 cm³/mol. The highest BCUT2D eigenvalue weighted by Gasteiger charge is 2.08. The maximum atomic E-state index is 11.5. The summed E-state index contributed by atoms with van der Waals surface area (Å²) in [6.07, 6.45) is 0.879. The number of nitrogens with one attached hydrogen (secondary N) is 1. The van der Waals surface area contributed by atoms with Crippen LogP contribution in [0.1, 0.15) is 12.0 Å². The van der Waals surface area contributed by atoms with Crippen molar-refractivity contribution in [3.8, 4) is 0 Å². The Hall–Kier alpha value is -1.33. The van der Waals surface area contributed by atoms with Crippen LogP contribution in [0.5, 0.6) is 0 Å². The number of benzene rings is 1. The molecule has 0 aliphatic heterocycles. The Morgan fingerprint density at radius 3 is 2.56 bits per heavy atom. The highest BCUT2D eigenvalue weighted by Crippen LogP contribution is 2.02. The quantitative estimate of drug-likeness (QED) is 0.723. The number of hydrogen-bond acceptors (Lipinski definition) is 4. The van der Waals surface area contributed by atoms with Gasteiger partial charge in [0.25, 0.3) is 0 Å². The van der Waals surface area contributed by atoms with Gasteiger partial charge in [-0.1, -0.05) is 30.3 Å². The van der Waals surface area contributed by atoms with E-state index >= 15 is 0 Å². The molecule has 0 saturated heterocycles. The van der Waals surface area contributed by atoms with E-state index in [-0.39, 0.29) is 30.6 Å². The summed E-state index contributed by atoms with van der Waals surface area (Å²) in [5, 5.41) is 10.9. The third kappa shape index (κ3) is 6.42. The number of carbonyl (C=O) groups excluding carboxylic acids is 2. The van der Waals surface area contributed by atoms with E-state index in [1.807, 2.05) is 30.3 Å². The SMILES string of the molecule is O=C(CSCCCO)NC(=O)Cc1ccccc1. The van der Waals surface area contributed by atoms with Crippen LogP contribution < -0.4 is 5.32 Å². The van der Waals surface area contributed by atoms with Crippen molar-refractivity contribution < 1.29 is 14.7 Å². The number of imide groups is 1. The van der Waals surface area contributed by atoms with Crippen LogP contribution >= 0.6 is 11.8 Å². The van der Waals surface area contributed by atoms with Crippen LogP contribution in [-0.2, 0) is 16.0 Å². The summed E-state index contributed by atoms with van der Waals surface area (Å²) in [4.78, 5) is 22.9. The van der Waals surface area contributed by atoms with Crippen molar-refractivity contribution in [1.29, 1.82) is 0 Å². The molecule has 0 heterocycles. The van der Waals surface area contributed by atoms with Gasteiger partial charge in [-0.3, -0.25) is 14.9 Å². The molecule has 0 unspecified atom stereocenters. The summed E-state index contributed by atoms with van der Waals surface area (Å²) in [5.74, 6) is 0.407. The molecule has 0 saturated carbocycles. The molecule has 0 fully saturated rings. The van der Waals surface area contributed by atoms with Crippen molar-refractivity contribution in [2.75, 3.05) is 18.1 Å². The standard InChI is InChI=1S/C13H17NO3S/c15-7-4-8-18-10-13(17)14-12(16)9-11-5-2-1-3-6-11/h1-3,5-6,15H,4,7-10H2,(H,14,16,17). The van der Waals surface area contributed by atoms with Gasteiger partial charge in [0.05, 0.1) is 12.2 Å². The summed E-state index contributed by atoms with van der Waals surface area (Å²) in [6.45, 7) is 0.127. The lowest BCUT2D eigenvalue weighted by Gasteiger charge is -2.04. The predicted octanol–water partition coefficient (Wildman–Crippen LogP) is 0.987. The Labute approximate surface area is 111 Å². The van der Waals surface area contributed by atoms with E-state index in [0.29, 0.717) is 6.42 Å². The van der Waals surface area contributed by atoms with Crippen LogP contribution in [0.2, 0.25) is 0 Å². The molecule has 0 atom stereocenters. The van der Waals surface area contributed by atoms with Crippen LogP contribution in [0, 0.1) is 0 Å². The fraction of sp³-hybridized carbons (Fsp3) is 0.385. The fourth-order valence-corrected chi connectivity index (χ4v) is 2.08. The molecule has 0 radical (unpaired) electrons. The molecule has 0 aromatic heterocycles. The van der Waals surface area contributed by atoms with E-state index in [1.54, 1.807) is 0 Å². The van der Waals surface area contributed by atoms with Crippen molar-refractivity contribution in [2.45, 2.75) is 12.8 Å². The smallest absolute Gasteiger partial charge is 0.236 e. The fourth-order valence-electron chi connectivity index (χ4n) is 1.35. The first-order valence-corrected chi connectivity index (χ1v) is 6.93. The molecule has 5 heteroatoms. The molecular weight excluding hydrogens is 250 g/mol. The van der Waals surface area contributed by atoms with E-state index in [1.165, 1.54) is 11.8 Å². The van der Waals surface area contributed by atoms with Crippen molar-refractivity contribution in [3.63, 3.8) is 0 Å². The zero-order valence-electron chi connectivity index (χ0n) is 10.1. The maximum absolute atomic E-state index is 11.5. The summed E-state index contributed by atoms with van der Waals surface area (Å²) in [5.41, 5.74) is 0.885. The van der Waals surface area contributed by atoms with Gasteiger partial charge >= 0.3 is 0 Å². The van der Waals surface area contributed by atoms with Gasteiger partial charge in [0.1, 0.15) is 0 Å². The molecule has 2 N–H and O–H groups in total. The van der Waals surface area contributed by atoms with Crippen LogP contribution in [0.3, 0.4) is 0 Å². The highest BCUT2D eigenvalue weighted by molar-refractivity contribution is 7.99. The zero-order chi connectivity index (χ0) is 13.2. The monoisotopic (exact) mass is 267 g/mol. The van der Waals surface area contributed by atoms with E-state index in [9.17, 15) is 9.59 Å². The molecule has 0 spiro atoms. The second-order valence-corrected chi connectivity index (χ2v) is 4.87. The molecule has 2 amide bonds. The molecule has 4 nitrogen and oxygen atoms in total. The Kier molecular flexibility index (Phi) is 7.13. The number of amides is 2. The molecule has 18 heavy (non-hydrogen) atoms. The Balaban J connectivity index is 2.21. The number of aliphatic hydroxyl groups is 1. The Morgan fingerprint density at radius 2 is 1.89 bits per heavy atom. The minimum atomic E-state index is -0.283. The Morgan fingerprint density at radius 1 is 1.17 bits per heavy atom. The normalized spacial score (nSPS) is 10.1. The summed E-state index contributed by atoms with van der Waals surface area (Å²) in [6, 6.07) is 9.29. The van der Waals surface area contributed by atoms with Crippen LogP contribution in [0.4, 0.5) is 0 Å². The lowest BCUT2D eigenvalue weighted by molar-refractivity contribution is -0.128. The van der Waals surface area contributed by atoms with Crippen molar-refractivity contribution in [2.24, 2.45) is 0 Å². The van der Waals surface area contributed by atoms with Crippen molar-refractivity contribution in [3.05, 3.63) is 35.9 Å². The average Bonchev–Trinajstić information content (AvgIpc) is 2.35. The molecule has 1 aromatic rings. The third-order valence-electron chi connectivity index (χ3n) is 2.17. The third-order valence-corrected chi connectivity index (χ3v) is 3.21. The molecule has 1 aromatic carbocycles. The first-order chi connectivity index (χ1) is 8.72. The van der Waals surface area contributed by atoms with E-state index in [2.05, 4.69) is 5.32 Å². The van der Waals surface area contributed by atoms with Crippen LogP contribution in [-0.4, -0.2) is 35.0 Å². The number of rotatable bonds is 7. The molecule has 0 bridgehead atoms. The van der Waals surface area contributed by atoms with Gasteiger partial charge in [-0.05, 0) is 17.7 Å². The topological polar surface area (TPSA) is 66.4 Å². The molecule has 98 valence electrons. The van der Waals surface area contributed by atoms with Gasteiger partial charge in [-0.25, -0.2) is 0 Å². The average molecular weight is 267 g/mol. The molecular formula is C13H17NO3S. The number of thioether (sulfide) groups is 1. The molecule has 1 rings (SSSR count). The minimum absolute atomic E-state index is 0.127. The van der Waals surface area contributed by atoms with Gasteiger partial charge < -0.3 is 5.11 Å². The second-order valence-electron chi connectivity index (χ2n) is 3.76. The number of carbonyl (C=O) groups is 2. The van der Waals surface area contributed by atoms with Crippen molar-refractivity contribution in [1.82, 2.24) is 5.32 Å². The van der Waals surface area contributed by atoms with Gasteiger partial charge in [-0.15, -0.1) is 0 Å². The molecule has 0 aliphatic rings. The largest absolute Gasteiger partial charge is 0.396 e. The van der Waals surface area contributed by atoms with Gasteiger partial charge in [-0.2, -0.15) is 11.8 Å². The highest BCUT2D eigenvalue weighted by atomic mass is 32.2. The van der Waals surface area contributed by atoms with Crippen LogP contribution in [0.25, 0.3) is 0 Å². The van der Waals surface area contributed by atoms with E-state index in [4.69, 9.17) is 5.11 Å². The van der Waals surface area contributed by atoms with E-state index in [0.717, 1.165) is 11.3 Å². The number of aliphatic hydroxyl groups excluding tert-OH is 1. The summed E-state index contributed by atoms with van der Waals surface area (Å²) in [7, 11) is 0. The lowest BCUT2D eigenvalue weighted by Crippen LogP contribution is -2.33. The number of hydrogen-bond donors (Lipinski definition) is 2. The summed E-state index contributed by atoms with van der Waals surface area (Å²) >= 11 is 1.41. The second kappa shape index (κ2) is 8.72. The Bertz CT molecular complexity index is 381. The first-order valence-electron chi connectivity index (χ1n) is 5.77. The minimum Gasteiger partial charge on any atom is -0.396 e. The van der Waals surface area contributed by atoms with Crippen molar-refractivity contribution >= 4 is 23.6 Å². The first kappa shape index (κ1) is 14.7.